The number of nitrogens with two attached hydrogens (primary N) is 1. The molecule has 142 valence electrons. The molecule has 26 heavy (non-hydrogen) atoms. The maximum Gasteiger partial charge on any atom is 0.226 e. The minimum Gasteiger partial charge on any atom is -0.508 e. The third kappa shape index (κ3) is 4.08. The van der Waals surface area contributed by atoms with Crippen LogP contribution < -0.4 is 11.1 Å². The van der Waals surface area contributed by atoms with Crippen molar-refractivity contribution in [1.82, 2.24) is 10.2 Å². The summed E-state index contributed by atoms with van der Waals surface area (Å²) in [5.74, 6) is -0.0329. The molecule has 0 bridgehead atoms. The number of hydrogen-bond donors (Lipinski definition) is 3. The first-order chi connectivity index (χ1) is 12.4. The summed E-state index contributed by atoms with van der Waals surface area (Å²) in [6.07, 6.45) is 2.45. The number of hydrogen-bond acceptors (Lipinski definition) is 4. The summed E-state index contributed by atoms with van der Waals surface area (Å²) < 4.78 is 0. The highest BCUT2D eigenvalue weighted by molar-refractivity contribution is 6.42. The molecule has 0 aromatic heterocycles. The van der Waals surface area contributed by atoms with Gasteiger partial charge in [-0.15, -0.1) is 0 Å². The molecule has 6 nitrogen and oxygen atoms in total. The van der Waals surface area contributed by atoms with Crippen LogP contribution in [0.1, 0.15) is 37.3 Å². The van der Waals surface area contributed by atoms with Crippen LogP contribution in [-0.2, 0) is 9.59 Å². The molecule has 0 aliphatic carbocycles. The fraction of sp³-hybridized carbons (Fsp3) is 0.556. The number of benzene rings is 1. The van der Waals surface area contributed by atoms with E-state index in [2.05, 4.69) is 5.32 Å². The molecule has 0 spiro atoms. The fourth-order valence-corrected chi connectivity index (χ4v) is 4.13. The first kappa shape index (κ1) is 19.3. The number of phenolic OH excluding ortho intramolecular Hbond substituents is 1. The van der Waals surface area contributed by atoms with Gasteiger partial charge in [-0.25, -0.2) is 0 Å². The average molecular weight is 400 g/mol. The smallest absolute Gasteiger partial charge is 0.226 e. The van der Waals surface area contributed by atoms with E-state index in [4.69, 9.17) is 28.9 Å². The molecule has 2 heterocycles. The van der Waals surface area contributed by atoms with Crippen molar-refractivity contribution < 1.29 is 14.7 Å². The fourth-order valence-electron chi connectivity index (χ4n) is 3.80. The summed E-state index contributed by atoms with van der Waals surface area (Å²) in [4.78, 5) is 26.0. The Hall–Kier alpha value is -1.50. The molecular formula is C18H23Cl2N3O3. The largest absolute Gasteiger partial charge is 0.508 e. The van der Waals surface area contributed by atoms with Crippen LogP contribution in [-0.4, -0.2) is 41.5 Å². The Bertz CT molecular complexity index is 705. The third-order valence-electron chi connectivity index (χ3n) is 5.38. The zero-order valence-electron chi connectivity index (χ0n) is 14.4. The highest BCUT2D eigenvalue weighted by Crippen LogP contribution is 2.38. The van der Waals surface area contributed by atoms with Gasteiger partial charge in [0.2, 0.25) is 11.8 Å². The van der Waals surface area contributed by atoms with Gasteiger partial charge in [0.05, 0.1) is 10.0 Å². The number of carbonyl (C=O) groups excluding carboxylic acids is 2. The number of carbonyl (C=O) groups is 2. The molecule has 2 aliphatic heterocycles. The third-order valence-corrected chi connectivity index (χ3v) is 6.11. The number of rotatable bonds is 3. The van der Waals surface area contributed by atoms with E-state index in [9.17, 15) is 14.7 Å². The molecule has 0 saturated carbocycles. The maximum absolute atomic E-state index is 12.6. The minimum absolute atomic E-state index is 0.0404. The number of amides is 2. The molecule has 2 saturated heterocycles. The molecule has 3 rings (SSSR count). The van der Waals surface area contributed by atoms with Crippen LogP contribution in [0, 0.1) is 11.8 Å². The van der Waals surface area contributed by atoms with Crippen molar-refractivity contribution in [2.45, 2.75) is 31.7 Å². The van der Waals surface area contributed by atoms with E-state index in [1.165, 1.54) is 6.07 Å². The van der Waals surface area contributed by atoms with Gasteiger partial charge in [-0.3, -0.25) is 9.59 Å². The Kier molecular flexibility index (Phi) is 5.95. The molecular weight excluding hydrogens is 377 g/mol. The molecule has 4 N–H and O–H groups in total. The summed E-state index contributed by atoms with van der Waals surface area (Å²) in [6.45, 7) is 1.78. The second-order valence-electron chi connectivity index (χ2n) is 7.05. The summed E-state index contributed by atoms with van der Waals surface area (Å²) in [5, 5.41) is 13.5. The first-order valence-electron chi connectivity index (χ1n) is 8.85. The Morgan fingerprint density at radius 3 is 2.54 bits per heavy atom. The Labute approximate surface area is 162 Å². The van der Waals surface area contributed by atoms with Gasteiger partial charge in [-0.05, 0) is 31.2 Å². The topological polar surface area (TPSA) is 95.7 Å². The van der Waals surface area contributed by atoms with Gasteiger partial charge in [0.1, 0.15) is 5.75 Å². The predicted octanol–water partition coefficient (Wildman–Crippen LogP) is 2.46. The molecule has 2 fully saturated rings. The van der Waals surface area contributed by atoms with Crippen LogP contribution in [0.3, 0.4) is 0 Å². The lowest BCUT2D eigenvalue weighted by Crippen LogP contribution is -2.46. The Morgan fingerprint density at radius 1 is 1.23 bits per heavy atom. The van der Waals surface area contributed by atoms with Crippen LogP contribution in [0.2, 0.25) is 10.0 Å². The van der Waals surface area contributed by atoms with E-state index in [0.717, 1.165) is 12.8 Å². The molecule has 1 unspecified atom stereocenters. The van der Waals surface area contributed by atoms with Gasteiger partial charge in [-0.1, -0.05) is 23.2 Å². The highest BCUT2D eigenvalue weighted by Gasteiger charge is 2.33. The van der Waals surface area contributed by atoms with Crippen molar-refractivity contribution in [2.75, 3.05) is 19.6 Å². The summed E-state index contributed by atoms with van der Waals surface area (Å²) >= 11 is 12.0. The molecule has 2 amide bonds. The molecule has 2 atom stereocenters. The van der Waals surface area contributed by atoms with Crippen molar-refractivity contribution in [3.8, 4) is 5.75 Å². The van der Waals surface area contributed by atoms with Crippen LogP contribution in [0.15, 0.2) is 12.1 Å². The number of nitrogens with zero attached hydrogens (tertiary/aromatic N) is 1. The van der Waals surface area contributed by atoms with Crippen molar-refractivity contribution in [2.24, 2.45) is 17.6 Å². The second kappa shape index (κ2) is 8.03. The molecule has 8 heteroatoms. The van der Waals surface area contributed by atoms with Crippen molar-refractivity contribution >= 4 is 35.0 Å². The Morgan fingerprint density at radius 2 is 1.88 bits per heavy atom. The number of nitrogens with one attached hydrogen (secondary N) is 1. The number of phenols is 1. The van der Waals surface area contributed by atoms with Crippen molar-refractivity contribution in [1.29, 1.82) is 0 Å². The van der Waals surface area contributed by atoms with Gasteiger partial charge < -0.3 is 21.1 Å². The lowest BCUT2D eigenvalue weighted by atomic mass is 9.85. The van der Waals surface area contributed by atoms with E-state index < -0.39 is 0 Å². The average Bonchev–Trinajstić information content (AvgIpc) is 2.63. The summed E-state index contributed by atoms with van der Waals surface area (Å²) in [7, 11) is 0. The van der Waals surface area contributed by atoms with Crippen LogP contribution in [0.4, 0.5) is 0 Å². The Balaban J connectivity index is 1.60. The van der Waals surface area contributed by atoms with Gasteiger partial charge in [0.15, 0.2) is 0 Å². The standard InChI is InChI=1S/C18H23Cl2N3O3/c19-13-8-12(15(24)9-14(13)20)17(21)10-2-5-23(6-3-10)18(26)11-1-4-22-16(25)7-11/h8-11,17,24H,1-7,21H2,(H,22,25)/t11?,17-/m1/s1. The number of aromatic hydroxyl groups is 1. The summed E-state index contributed by atoms with van der Waals surface area (Å²) in [5.41, 5.74) is 6.93. The zero-order chi connectivity index (χ0) is 18.8. The maximum atomic E-state index is 12.6. The van der Waals surface area contributed by atoms with Crippen LogP contribution in [0.5, 0.6) is 5.75 Å². The van der Waals surface area contributed by atoms with Crippen LogP contribution >= 0.6 is 23.2 Å². The number of likely N-dealkylation sites (tertiary alicyclic amines) is 1. The normalized spacial score (nSPS) is 22.8. The predicted molar refractivity (Wildman–Crippen MR) is 100 cm³/mol. The minimum atomic E-state index is -0.373. The number of piperidine rings is 2. The first-order valence-corrected chi connectivity index (χ1v) is 9.61. The molecule has 1 aromatic rings. The second-order valence-corrected chi connectivity index (χ2v) is 7.87. The van der Waals surface area contributed by atoms with E-state index in [-0.39, 0.29) is 46.9 Å². The quantitative estimate of drug-likeness (QED) is 0.727. The van der Waals surface area contributed by atoms with Gasteiger partial charge in [0, 0.05) is 49.6 Å². The van der Waals surface area contributed by atoms with E-state index in [1.54, 1.807) is 6.07 Å². The van der Waals surface area contributed by atoms with Gasteiger partial charge in [0.25, 0.3) is 0 Å². The zero-order valence-corrected chi connectivity index (χ0v) is 15.9. The van der Waals surface area contributed by atoms with Crippen LogP contribution in [0.25, 0.3) is 0 Å². The highest BCUT2D eigenvalue weighted by atomic mass is 35.5. The van der Waals surface area contributed by atoms with E-state index in [0.29, 0.717) is 36.6 Å². The molecule has 2 aliphatic rings. The lowest BCUT2D eigenvalue weighted by molar-refractivity contribution is -0.141. The van der Waals surface area contributed by atoms with Crippen molar-refractivity contribution in [3.63, 3.8) is 0 Å². The van der Waals surface area contributed by atoms with E-state index in [1.807, 2.05) is 4.90 Å². The monoisotopic (exact) mass is 399 g/mol. The van der Waals surface area contributed by atoms with Gasteiger partial charge >= 0.3 is 0 Å². The SMILES string of the molecule is N[C@@H](c1cc(Cl)c(Cl)cc1O)C1CCN(C(=O)C2CCNC(=O)C2)CC1. The lowest BCUT2D eigenvalue weighted by Gasteiger charge is -2.37. The number of halogens is 2. The molecule has 1 aromatic carbocycles. The summed E-state index contributed by atoms with van der Waals surface area (Å²) in [6, 6.07) is 2.65. The molecule has 0 radical (unpaired) electrons. The van der Waals surface area contributed by atoms with Crippen molar-refractivity contribution in [3.05, 3.63) is 27.7 Å². The van der Waals surface area contributed by atoms with Gasteiger partial charge in [-0.2, -0.15) is 0 Å². The van der Waals surface area contributed by atoms with E-state index >= 15 is 0 Å².